The highest BCUT2D eigenvalue weighted by Gasteiger charge is 2.30. The molecular weight excluding hydrogens is 284 g/mol. The van der Waals surface area contributed by atoms with Crippen molar-refractivity contribution in [2.45, 2.75) is 11.7 Å². The van der Waals surface area contributed by atoms with Gasteiger partial charge in [-0.2, -0.15) is 0 Å². The molecule has 0 aliphatic carbocycles. The molecule has 0 spiro atoms. The molecule has 0 unspecified atom stereocenters. The van der Waals surface area contributed by atoms with Crippen molar-refractivity contribution in [1.29, 1.82) is 0 Å². The van der Waals surface area contributed by atoms with Crippen LogP contribution in [0.25, 0.3) is 0 Å². The molecule has 0 radical (unpaired) electrons. The van der Waals surface area contributed by atoms with Crippen molar-refractivity contribution >= 4 is 23.9 Å². The highest BCUT2D eigenvalue weighted by molar-refractivity contribution is 8.00. The van der Waals surface area contributed by atoms with Gasteiger partial charge in [-0.3, -0.25) is 0 Å². The van der Waals surface area contributed by atoms with Crippen LogP contribution >= 0.6 is 11.8 Å². The van der Waals surface area contributed by atoms with Crippen molar-refractivity contribution in [3.05, 3.63) is 35.9 Å². The van der Waals surface area contributed by atoms with E-state index in [9.17, 15) is 9.59 Å². The quantitative estimate of drug-likeness (QED) is 0.788. The molecule has 0 N–H and O–H groups in total. The lowest BCUT2D eigenvalue weighted by Gasteiger charge is -2.12. The second-order valence-electron chi connectivity index (χ2n) is 3.86. The molecule has 1 aromatic rings. The third-order valence-corrected chi connectivity index (χ3v) is 3.56. The van der Waals surface area contributed by atoms with Gasteiger partial charge >= 0.3 is 12.1 Å². The van der Waals surface area contributed by atoms with Crippen LogP contribution in [0.1, 0.15) is 10.4 Å². The first kappa shape index (κ1) is 14.7. The largest absolute Gasteiger partial charge is 0.510 e. The maximum absolute atomic E-state index is 11.7. The van der Waals surface area contributed by atoms with Crippen molar-refractivity contribution < 1.29 is 28.5 Å². The van der Waals surface area contributed by atoms with Gasteiger partial charge in [0.1, 0.15) is 12.0 Å². The summed E-state index contributed by atoms with van der Waals surface area (Å²) in [5.41, 5.74) is 0.134. The van der Waals surface area contributed by atoms with E-state index in [-0.39, 0.29) is 12.0 Å². The third-order valence-electron chi connectivity index (χ3n) is 2.48. The molecule has 0 bridgehead atoms. The molecule has 1 aliphatic rings. The second-order valence-corrected chi connectivity index (χ2v) is 5.06. The predicted octanol–water partition coefficient (Wildman–Crippen LogP) is 2.04. The van der Waals surface area contributed by atoms with Gasteiger partial charge in [-0.1, -0.05) is 18.2 Å². The second kappa shape index (κ2) is 7.16. The number of benzene rings is 1. The zero-order valence-electron chi connectivity index (χ0n) is 10.8. The summed E-state index contributed by atoms with van der Waals surface area (Å²) in [6.45, 7) is 0.0967. The number of esters is 1. The molecule has 0 saturated carbocycles. The summed E-state index contributed by atoms with van der Waals surface area (Å²) in [7, 11) is 1.23. The Morgan fingerprint density at radius 3 is 2.80 bits per heavy atom. The zero-order chi connectivity index (χ0) is 14.4. The van der Waals surface area contributed by atoms with Gasteiger partial charge < -0.3 is 18.9 Å². The van der Waals surface area contributed by atoms with Crippen molar-refractivity contribution in [1.82, 2.24) is 0 Å². The van der Waals surface area contributed by atoms with Gasteiger partial charge in [0.25, 0.3) is 0 Å². The van der Waals surface area contributed by atoms with E-state index >= 15 is 0 Å². The normalized spacial score (nSPS) is 21.2. The van der Waals surface area contributed by atoms with Crippen LogP contribution in [-0.4, -0.2) is 43.3 Å². The molecule has 1 aromatic carbocycles. The van der Waals surface area contributed by atoms with Gasteiger partial charge in [0, 0.05) is 0 Å². The third kappa shape index (κ3) is 4.14. The molecule has 7 heteroatoms. The standard InChI is InChI=1S/C13H14O6S/c1-16-13(15)19-10-8-20-11(18-10)7-17-12(14)9-5-3-2-4-6-9/h2-6,10-11H,7-8H2,1H3/t10-,11+/m0/s1. The van der Waals surface area contributed by atoms with E-state index < -0.39 is 18.4 Å². The van der Waals surface area contributed by atoms with E-state index in [2.05, 4.69) is 4.74 Å². The average Bonchev–Trinajstić information content (AvgIpc) is 2.93. The summed E-state index contributed by atoms with van der Waals surface area (Å²) in [5.74, 6) is 0.0648. The number of hydrogen-bond acceptors (Lipinski definition) is 7. The minimum absolute atomic E-state index is 0.0967. The molecule has 1 saturated heterocycles. The molecule has 108 valence electrons. The van der Waals surface area contributed by atoms with E-state index in [4.69, 9.17) is 14.2 Å². The molecule has 2 rings (SSSR count). The molecule has 6 nitrogen and oxygen atoms in total. The molecule has 1 heterocycles. The van der Waals surface area contributed by atoms with Crippen LogP contribution in [-0.2, 0) is 18.9 Å². The fraction of sp³-hybridized carbons (Fsp3) is 0.385. The SMILES string of the molecule is COC(=O)O[C@H]1CS[C@H](COC(=O)c2ccccc2)O1. The average molecular weight is 298 g/mol. The van der Waals surface area contributed by atoms with Gasteiger partial charge in [0.2, 0.25) is 6.29 Å². The summed E-state index contributed by atoms with van der Waals surface area (Å²) < 4.78 is 19.7. The number of hydrogen-bond donors (Lipinski definition) is 0. The summed E-state index contributed by atoms with van der Waals surface area (Å²) in [4.78, 5) is 22.6. The Labute approximate surface area is 120 Å². The van der Waals surface area contributed by atoms with Gasteiger partial charge in [0.05, 0.1) is 18.4 Å². The Hall–Kier alpha value is -1.73. The number of methoxy groups -OCH3 is 1. The topological polar surface area (TPSA) is 71.1 Å². The first-order chi connectivity index (χ1) is 9.69. The highest BCUT2D eigenvalue weighted by Crippen LogP contribution is 2.26. The smallest absolute Gasteiger partial charge is 0.458 e. The summed E-state index contributed by atoms with van der Waals surface area (Å²) in [6, 6.07) is 8.69. The number of carbonyl (C=O) groups is 2. The van der Waals surface area contributed by atoms with Crippen LogP contribution in [0.15, 0.2) is 30.3 Å². The van der Waals surface area contributed by atoms with Crippen molar-refractivity contribution in [3.8, 4) is 0 Å². The Morgan fingerprint density at radius 1 is 1.35 bits per heavy atom. The van der Waals surface area contributed by atoms with Gasteiger partial charge in [-0.25, -0.2) is 9.59 Å². The van der Waals surface area contributed by atoms with E-state index in [1.54, 1.807) is 24.3 Å². The van der Waals surface area contributed by atoms with Crippen molar-refractivity contribution in [2.24, 2.45) is 0 Å². The summed E-state index contributed by atoms with van der Waals surface area (Å²) in [5, 5.41) is 0. The molecule has 0 aromatic heterocycles. The highest BCUT2D eigenvalue weighted by atomic mass is 32.2. The van der Waals surface area contributed by atoms with Crippen LogP contribution in [0, 0.1) is 0 Å². The van der Waals surface area contributed by atoms with Crippen molar-refractivity contribution in [2.75, 3.05) is 19.5 Å². The summed E-state index contributed by atoms with van der Waals surface area (Å²) >= 11 is 1.41. The number of rotatable bonds is 4. The molecular formula is C13H14O6S. The number of thioether (sulfide) groups is 1. The Morgan fingerprint density at radius 2 is 2.10 bits per heavy atom. The van der Waals surface area contributed by atoms with Gasteiger partial charge in [-0.15, -0.1) is 11.8 Å². The lowest BCUT2D eigenvalue weighted by Crippen LogP contribution is -2.23. The Kier molecular flexibility index (Phi) is 5.25. The first-order valence-electron chi connectivity index (χ1n) is 5.93. The number of ether oxygens (including phenoxy) is 4. The molecule has 20 heavy (non-hydrogen) atoms. The molecule has 1 aliphatic heterocycles. The van der Waals surface area contributed by atoms with Gasteiger partial charge in [0.15, 0.2) is 0 Å². The minimum atomic E-state index is -0.794. The van der Waals surface area contributed by atoms with E-state index in [0.717, 1.165) is 0 Å². The maximum Gasteiger partial charge on any atom is 0.510 e. The van der Waals surface area contributed by atoms with Crippen LogP contribution in [0.5, 0.6) is 0 Å². The van der Waals surface area contributed by atoms with E-state index in [1.807, 2.05) is 6.07 Å². The molecule has 2 atom stereocenters. The van der Waals surface area contributed by atoms with Crippen molar-refractivity contribution in [3.63, 3.8) is 0 Å². The first-order valence-corrected chi connectivity index (χ1v) is 6.97. The van der Waals surface area contributed by atoms with Crippen LogP contribution in [0.3, 0.4) is 0 Å². The maximum atomic E-state index is 11.7. The zero-order valence-corrected chi connectivity index (χ0v) is 11.6. The fourth-order valence-corrected chi connectivity index (χ4v) is 2.42. The minimum Gasteiger partial charge on any atom is -0.458 e. The van der Waals surface area contributed by atoms with Crippen LogP contribution in [0.2, 0.25) is 0 Å². The van der Waals surface area contributed by atoms with Gasteiger partial charge in [-0.05, 0) is 12.1 Å². The predicted molar refractivity (Wildman–Crippen MR) is 71.3 cm³/mol. The van der Waals surface area contributed by atoms with E-state index in [0.29, 0.717) is 11.3 Å². The fourth-order valence-electron chi connectivity index (χ4n) is 1.54. The Bertz CT molecular complexity index is 463. The number of carbonyl (C=O) groups excluding carboxylic acids is 2. The lowest BCUT2D eigenvalue weighted by atomic mass is 10.2. The molecule has 0 amide bonds. The Balaban J connectivity index is 1.73. The summed E-state index contributed by atoms with van der Waals surface area (Å²) in [6.07, 6.45) is -1.47. The van der Waals surface area contributed by atoms with Crippen LogP contribution < -0.4 is 0 Å². The van der Waals surface area contributed by atoms with E-state index in [1.165, 1.54) is 18.9 Å². The van der Waals surface area contributed by atoms with Crippen LogP contribution in [0.4, 0.5) is 4.79 Å². The molecule has 1 fully saturated rings. The lowest BCUT2D eigenvalue weighted by molar-refractivity contribution is -0.111. The monoisotopic (exact) mass is 298 g/mol.